The molecule has 1 aromatic carbocycles. The predicted molar refractivity (Wildman–Crippen MR) is 76.1 cm³/mol. The lowest BCUT2D eigenvalue weighted by atomic mass is 10.1. The second-order valence-corrected chi connectivity index (χ2v) is 7.14. The third-order valence-electron chi connectivity index (χ3n) is 3.39. The molecule has 7 heteroatoms. The van der Waals surface area contributed by atoms with Gasteiger partial charge in [0, 0.05) is 11.6 Å². The minimum atomic E-state index is -3.69. The van der Waals surface area contributed by atoms with Crippen LogP contribution in [0.3, 0.4) is 0 Å². The molecule has 2 rings (SSSR count). The number of benzene rings is 1. The van der Waals surface area contributed by atoms with E-state index in [1.165, 1.54) is 0 Å². The molecule has 1 aromatic rings. The molecular weight excluding hydrogens is 302 g/mol. The molecule has 1 saturated heterocycles. The molecule has 0 spiro atoms. The number of aliphatic carboxylic acids is 1. The molecule has 1 heterocycles. The molecule has 1 aliphatic heterocycles. The van der Waals surface area contributed by atoms with E-state index in [1.807, 2.05) is 0 Å². The van der Waals surface area contributed by atoms with Crippen LogP contribution in [0.5, 0.6) is 0 Å². The Bertz CT molecular complexity index is 602. The van der Waals surface area contributed by atoms with Gasteiger partial charge in [-0.2, -0.15) is 4.31 Å². The van der Waals surface area contributed by atoms with Crippen LogP contribution in [0.15, 0.2) is 24.3 Å². The van der Waals surface area contributed by atoms with Gasteiger partial charge in [-0.15, -0.1) is 0 Å². The summed E-state index contributed by atoms with van der Waals surface area (Å²) < 4.78 is 26.0. The van der Waals surface area contributed by atoms with Crippen molar-refractivity contribution in [2.24, 2.45) is 0 Å². The number of piperidine rings is 1. The fourth-order valence-electron chi connectivity index (χ4n) is 2.38. The van der Waals surface area contributed by atoms with Gasteiger partial charge in [-0.25, -0.2) is 8.42 Å². The summed E-state index contributed by atoms with van der Waals surface area (Å²) in [6.07, 6.45) is 1.78. The van der Waals surface area contributed by atoms with Crippen LogP contribution >= 0.6 is 11.6 Å². The lowest BCUT2D eigenvalue weighted by molar-refractivity contribution is -0.142. The van der Waals surface area contributed by atoms with Gasteiger partial charge in [-0.1, -0.05) is 29.8 Å². The smallest absolute Gasteiger partial charge is 0.322 e. The topological polar surface area (TPSA) is 74.7 Å². The Balaban J connectivity index is 2.25. The lowest BCUT2D eigenvalue weighted by Gasteiger charge is -2.31. The van der Waals surface area contributed by atoms with E-state index in [0.717, 1.165) is 10.7 Å². The van der Waals surface area contributed by atoms with E-state index < -0.39 is 22.0 Å². The van der Waals surface area contributed by atoms with Gasteiger partial charge in [0.15, 0.2) is 0 Å². The number of hydrogen-bond acceptors (Lipinski definition) is 3. The Hall–Kier alpha value is -1.11. The van der Waals surface area contributed by atoms with Crippen LogP contribution in [0.1, 0.15) is 24.8 Å². The van der Waals surface area contributed by atoms with Crippen LogP contribution in [-0.4, -0.2) is 36.4 Å². The third kappa shape index (κ3) is 3.31. The maximum atomic E-state index is 12.4. The fourth-order valence-corrected chi connectivity index (χ4v) is 4.46. The van der Waals surface area contributed by atoms with Crippen molar-refractivity contribution in [1.29, 1.82) is 0 Å². The van der Waals surface area contributed by atoms with E-state index >= 15 is 0 Å². The van der Waals surface area contributed by atoms with Gasteiger partial charge < -0.3 is 5.11 Å². The first-order valence-electron chi connectivity index (χ1n) is 6.37. The average molecular weight is 318 g/mol. The van der Waals surface area contributed by atoms with Crippen LogP contribution in [0.25, 0.3) is 0 Å². The monoisotopic (exact) mass is 317 g/mol. The molecule has 1 unspecified atom stereocenters. The van der Waals surface area contributed by atoms with Crippen LogP contribution < -0.4 is 0 Å². The molecule has 1 N–H and O–H groups in total. The van der Waals surface area contributed by atoms with E-state index in [1.54, 1.807) is 24.3 Å². The summed E-state index contributed by atoms with van der Waals surface area (Å²) in [6, 6.07) is 5.73. The summed E-state index contributed by atoms with van der Waals surface area (Å²) in [5, 5.41) is 9.54. The number of hydrogen-bond donors (Lipinski definition) is 1. The fraction of sp³-hybridized carbons (Fsp3) is 0.462. The molecule has 0 bridgehead atoms. The van der Waals surface area contributed by atoms with Crippen LogP contribution in [0, 0.1) is 0 Å². The first-order chi connectivity index (χ1) is 9.42. The number of halogens is 1. The van der Waals surface area contributed by atoms with Crippen molar-refractivity contribution < 1.29 is 18.3 Å². The summed E-state index contributed by atoms with van der Waals surface area (Å²) in [7, 11) is -3.69. The summed E-state index contributed by atoms with van der Waals surface area (Å²) in [5.74, 6) is -1.36. The van der Waals surface area contributed by atoms with Crippen molar-refractivity contribution in [3.05, 3.63) is 34.9 Å². The van der Waals surface area contributed by atoms with E-state index in [2.05, 4.69) is 0 Å². The largest absolute Gasteiger partial charge is 0.480 e. The maximum absolute atomic E-state index is 12.4. The first-order valence-corrected chi connectivity index (χ1v) is 8.36. The second-order valence-electron chi connectivity index (χ2n) is 4.81. The Morgan fingerprint density at radius 2 is 2.05 bits per heavy atom. The molecule has 0 saturated carbocycles. The highest BCUT2D eigenvalue weighted by Crippen LogP contribution is 2.25. The SMILES string of the molecule is O=C(O)C1CCCCN1S(=O)(=O)Cc1ccccc1Cl. The zero-order valence-corrected chi connectivity index (χ0v) is 12.4. The van der Waals surface area contributed by atoms with Crippen molar-refractivity contribution in [3.63, 3.8) is 0 Å². The minimum absolute atomic E-state index is 0.254. The van der Waals surface area contributed by atoms with Gasteiger partial charge in [0.25, 0.3) is 0 Å². The lowest BCUT2D eigenvalue weighted by Crippen LogP contribution is -2.48. The standard InChI is InChI=1S/C13H16ClNO4S/c14-11-6-2-1-5-10(11)9-20(18,19)15-8-4-3-7-12(15)13(16)17/h1-2,5-6,12H,3-4,7-9H2,(H,16,17). The molecule has 5 nitrogen and oxygen atoms in total. The normalized spacial score (nSPS) is 20.8. The Labute approximate surface area is 123 Å². The summed E-state index contributed by atoms with van der Waals surface area (Å²) in [6.45, 7) is 0.254. The second kappa shape index (κ2) is 6.11. The zero-order valence-electron chi connectivity index (χ0n) is 10.8. The molecular formula is C13H16ClNO4S. The van der Waals surface area contributed by atoms with Crippen LogP contribution in [0.4, 0.5) is 0 Å². The van der Waals surface area contributed by atoms with Gasteiger partial charge >= 0.3 is 5.97 Å². The van der Waals surface area contributed by atoms with Gasteiger partial charge in [-0.05, 0) is 30.9 Å². The van der Waals surface area contributed by atoms with Gasteiger partial charge in [0.2, 0.25) is 10.0 Å². The number of rotatable bonds is 4. The molecule has 110 valence electrons. The number of carboxylic acids is 1. The first kappa shape index (κ1) is 15.3. The molecule has 0 aromatic heterocycles. The van der Waals surface area contributed by atoms with E-state index in [9.17, 15) is 13.2 Å². The number of carboxylic acid groups (broad SMARTS) is 1. The number of carbonyl (C=O) groups is 1. The van der Waals surface area contributed by atoms with Crippen molar-refractivity contribution >= 4 is 27.6 Å². The molecule has 20 heavy (non-hydrogen) atoms. The van der Waals surface area contributed by atoms with Crippen molar-refractivity contribution in [2.45, 2.75) is 31.1 Å². The molecule has 0 radical (unpaired) electrons. The van der Waals surface area contributed by atoms with Crippen molar-refractivity contribution in [3.8, 4) is 0 Å². The Morgan fingerprint density at radius 3 is 2.70 bits per heavy atom. The summed E-state index contributed by atoms with van der Waals surface area (Å²) in [5.41, 5.74) is 0.490. The Morgan fingerprint density at radius 1 is 1.35 bits per heavy atom. The van der Waals surface area contributed by atoms with Gasteiger partial charge in [0.1, 0.15) is 6.04 Å². The predicted octanol–water partition coefficient (Wildman–Crippen LogP) is 2.11. The molecule has 1 aliphatic rings. The van der Waals surface area contributed by atoms with E-state index in [4.69, 9.17) is 16.7 Å². The average Bonchev–Trinajstić information content (AvgIpc) is 2.41. The zero-order chi connectivity index (χ0) is 14.8. The third-order valence-corrected chi connectivity index (χ3v) is 5.59. The molecule has 0 aliphatic carbocycles. The highest BCUT2D eigenvalue weighted by Gasteiger charge is 2.36. The highest BCUT2D eigenvalue weighted by atomic mass is 35.5. The molecule has 1 atom stereocenters. The van der Waals surface area contributed by atoms with Crippen LogP contribution in [-0.2, 0) is 20.6 Å². The quantitative estimate of drug-likeness (QED) is 0.923. The molecule has 0 amide bonds. The minimum Gasteiger partial charge on any atom is -0.480 e. The van der Waals surface area contributed by atoms with E-state index in [-0.39, 0.29) is 12.3 Å². The van der Waals surface area contributed by atoms with Gasteiger partial charge in [0.05, 0.1) is 5.75 Å². The molecule has 1 fully saturated rings. The van der Waals surface area contributed by atoms with Gasteiger partial charge in [-0.3, -0.25) is 4.79 Å². The maximum Gasteiger partial charge on any atom is 0.322 e. The number of sulfonamides is 1. The summed E-state index contributed by atoms with van der Waals surface area (Å²) in [4.78, 5) is 11.2. The van der Waals surface area contributed by atoms with Crippen molar-refractivity contribution in [1.82, 2.24) is 4.31 Å². The highest BCUT2D eigenvalue weighted by molar-refractivity contribution is 7.88. The number of nitrogens with zero attached hydrogens (tertiary/aromatic N) is 1. The van der Waals surface area contributed by atoms with Crippen molar-refractivity contribution in [2.75, 3.05) is 6.54 Å². The summed E-state index contributed by atoms with van der Waals surface area (Å²) >= 11 is 5.97. The van der Waals surface area contributed by atoms with E-state index in [0.29, 0.717) is 23.4 Å². The Kier molecular flexibility index (Phi) is 4.67. The van der Waals surface area contributed by atoms with Crippen LogP contribution in [0.2, 0.25) is 5.02 Å².